The molecular formula is C13H18BrNO. The lowest BCUT2D eigenvalue weighted by atomic mass is 9.82. The second-order valence-electron chi connectivity index (χ2n) is 4.95. The lowest BCUT2D eigenvalue weighted by Crippen LogP contribution is -2.28. The normalized spacial score (nSPS) is 30.1. The standard InChI is InChI=1S/C13H18BrNO/c1-9-6-10(2)8-11(7-9)16-13-12(14)4-3-5-15-13/h3-5,9-11H,6-8H2,1-2H3. The van der Waals surface area contributed by atoms with E-state index >= 15 is 0 Å². The summed E-state index contributed by atoms with van der Waals surface area (Å²) < 4.78 is 6.91. The van der Waals surface area contributed by atoms with Crippen LogP contribution in [-0.4, -0.2) is 11.1 Å². The molecule has 0 aliphatic heterocycles. The van der Waals surface area contributed by atoms with Crippen LogP contribution in [-0.2, 0) is 0 Å². The van der Waals surface area contributed by atoms with Crippen LogP contribution in [0.5, 0.6) is 5.88 Å². The number of hydrogen-bond donors (Lipinski definition) is 0. The molecule has 1 aliphatic rings. The molecule has 1 fully saturated rings. The zero-order valence-electron chi connectivity index (χ0n) is 9.82. The first-order valence-corrected chi connectivity index (χ1v) is 6.71. The van der Waals surface area contributed by atoms with Crippen LogP contribution in [0.4, 0.5) is 0 Å². The molecular weight excluding hydrogens is 266 g/mol. The Bertz CT molecular complexity index is 346. The smallest absolute Gasteiger partial charge is 0.228 e. The van der Waals surface area contributed by atoms with E-state index in [1.54, 1.807) is 6.20 Å². The first-order chi connectivity index (χ1) is 7.65. The summed E-state index contributed by atoms with van der Waals surface area (Å²) in [5.41, 5.74) is 0. The van der Waals surface area contributed by atoms with E-state index in [-0.39, 0.29) is 0 Å². The molecule has 2 nitrogen and oxygen atoms in total. The Hall–Kier alpha value is -0.570. The average molecular weight is 284 g/mol. The zero-order valence-corrected chi connectivity index (χ0v) is 11.4. The van der Waals surface area contributed by atoms with Gasteiger partial charge in [-0.3, -0.25) is 0 Å². The van der Waals surface area contributed by atoms with E-state index in [1.807, 2.05) is 12.1 Å². The van der Waals surface area contributed by atoms with Crippen LogP contribution in [0.15, 0.2) is 22.8 Å². The zero-order chi connectivity index (χ0) is 11.5. The second-order valence-corrected chi connectivity index (χ2v) is 5.80. The minimum absolute atomic E-state index is 0.324. The van der Waals surface area contributed by atoms with Gasteiger partial charge in [0.05, 0.1) is 4.47 Å². The van der Waals surface area contributed by atoms with Crippen molar-refractivity contribution in [1.29, 1.82) is 0 Å². The Morgan fingerprint density at radius 3 is 2.56 bits per heavy atom. The molecule has 0 bridgehead atoms. The molecule has 0 saturated heterocycles. The maximum atomic E-state index is 5.97. The maximum absolute atomic E-state index is 5.97. The van der Waals surface area contributed by atoms with E-state index in [0.29, 0.717) is 6.10 Å². The Balaban J connectivity index is 2.02. The van der Waals surface area contributed by atoms with Crippen molar-refractivity contribution in [2.24, 2.45) is 11.8 Å². The van der Waals surface area contributed by atoms with E-state index in [4.69, 9.17) is 4.74 Å². The summed E-state index contributed by atoms with van der Waals surface area (Å²) in [5.74, 6) is 2.25. The molecule has 1 heterocycles. The van der Waals surface area contributed by atoms with Gasteiger partial charge >= 0.3 is 0 Å². The molecule has 16 heavy (non-hydrogen) atoms. The summed E-state index contributed by atoms with van der Waals surface area (Å²) in [6, 6.07) is 3.88. The summed E-state index contributed by atoms with van der Waals surface area (Å²) in [6.45, 7) is 4.61. The van der Waals surface area contributed by atoms with Gasteiger partial charge in [0.2, 0.25) is 5.88 Å². The lowest BCUT2D eigenvalue weighted by molar-refractivity contribution is 0.0959. The molecule has 2 rings (SSSR count). The number of rotatable bonds is 2. The Morgan fingerprint density at radius 2 is 1.94 bits per heavy atom. The summed E-state index contributed by atoms with van der Waals surface area (Å²) in [7, 11) is 0. The van der Waals surface area contributed by atoms with Gasteiger partial charge in [0.1, 0.15) is 6.10 Å². The molecule has 0 radical (unpaired) electrons. The molecule has 1 aliphatic carbocycles. The van der Waals surface area contributed by atoms with Crippen LogP contribution in [0.2, 0.25) is 0 Å². The predicted molar refractivity (Wildman–Crippen MR) is 68.5 cm³/mol. The van der Waals surface area contributed by atoms with E-state index in [9.17, 15) is 0 Å². The highest BCUT2D eigenvalue weighted by molar-refractivity contribution is 9.10. The van der Waals surface area contributed by atoms with E-state index in [0.717, 1.165) is 35.0 Å². The highest BCUT2D eigenvalue weighted by Gasteiger charge is 2.25. The quantitative estimate of drug-likeness (QED) is 0.817. The number of aromatic nitrogens is 1. The highest BCUT2D eigenvalue weighted by atomic mass is 79.9. The van der Waals surface area contributed by atoms with Crippen molar-refractivity contribution in [3.63, 3.8) is 0 Å². The van der Waals surface area contributed by atoms with Gasteiger partial charge in [-0.2, -0.15) is 0 Å². The third-order valence-electron chi connectivity index (χ3n) is 3.14. The fourth-order valence-electron chi connectivity index (χ4n) is 2.59. The molecule has 88 valence electrons. The van der Waals surface area contributed by atoms with Crippen molar-refractivity contribution in [2.45, 2.75) is 39.2 Å². The van der Waals surface area contributed by atoms with Crippen molar-refractivity contribution in [1.82, 2.24) is 4.98 Å². The monoisotopic (exact) mass is 283 g/mol. The largest absolute Gasteiger partial charge is 0.474 e. The third kappa shape index (κ3) is 2.97. The topological polar surface area (TPSA) is 22.1 Å². The number of ether oxygens (including phenoxy) is 1. The highest BCUT2D eigenvalue weighted by Crippen LogP contribution is 2.32. The van der Waals surface area contributed by atoms with Crippen molar-refractivity contribution in [3.8, 4) is 5.88 Å². The maximum Gasteiger partial charge on any atom is 0.228 e. The van der Waals surface area contributed by atoms with Gasteiger partial charge in [0, 0.05) is 6.20 Å². The summed E-state index contributed by atoms with van der Waals surface area (Å²) in [5, 5.41) is 0. The average Bonchev–Trinajstić information content (AvgIpc) is 2.20. The van der Waals surface area contributed by atoms with Gasteiger partial charge in [-0.05, 0) is 59.2 Å². The van der Waals surface area contributed by atoms with Crippen LogP contribution in [0.25, 0.3) is 0 Å². The minimum atomic E-state index is 0.324. The Labute approximate surface area is 106 Å². The molecule has 0 amide bonds. The molecule has 2 atom stereocenters. The van der Waals surface area contributed by atoms with Crippen molar-refractivity contribution in [2.75, 3.05) is 0 Å². The molecule has 0 spiro atoms. The van der Waals surface area contributed by atoms with Gasteiger partial charge in [-0.25, -0.2) is 4.98 Å². The fraction of sp³-hybridized carbons (Fsp3) is 0.615. The van der Waals surface area contributed by atoms with Crippen molar-refractivity contribution in [3.05, 3.63) is 22.8 Å². The van der Waals surface area contributed by atoms with Crippen molar-refractivity contribution < 1.29 is 4.74 Å². The first-order valence-electron chi connectivity index (χ1n) is 5.92. The lowest BCUT2D eigenvalue weighted by Gasteiger charge is -2.31. The Morgan fingerprint density at radius 1 is 1.25 bits per heavy atom. The predicted octanol–water partition coefficient (Wildman–Crippen LogP) is 4.05. The van der Waals surface area contributed by atoms with Crippen LogP contribution >= 0.6 is 15.9 Å². The first kappa shape index (κ1) is 11.9. The fourth-order valence-corrected chi connectivity index (χ4v) is 2.93. The van der Waals surface area contributed by atoms with Gasteiger partial charge in [0.15, 0.2) is 0 Å². The molecule has 1 aromatic heterocycles. The minimum Gasteiger partial charge on any atom is -0.474 e. The van der Waals surface area contributed by atoms with Crippen LogP contribution < -0.4 is 4.74 Å². The summed E-state index contributed by atoms with van der Waals surface area (Å²) in [4.78, 5) is 4.25. The van der Waals surface area contributed by atoms with Gasteiger partial charge < -0.3 is 4.74 Å². The van der Waals surface area contributed by atoms with Crippen LogP contribution in [0, 0.1) is 11.8 Å². The van der Waals surface area contributed by atoms with E-state index < -0.39 is 0 Å². The van der Waals surface area contributed by atoms with Crippen LogP contribution in [0.3, 0.4) is 0 Å². The van der Waals surface area contributed by atoms with Crippen LogP contribution in [0.1, 0.15) is 33.1 Å². The molecule has 1 aromatic rings. The molecule has 2 unspecified atom stereocenters. The number of pyridine rings is 1. The van der Waals surface area contributed by atoms with E-state index in [1.165, 1.54) is 6.42 Å². The van der Waals surface area contributed by atoms with Gasteiger partial charge in [0.25, 0.3) is 0 Å². The van der Waals surface area contributed by atoms with Gasteiger partial charge in [-0.1, -0.05) is 13.8 Å². The number of nitrogens with zero attached hydrogens (tertiary/aromatic N) is 1. The number of halogens is 1. The van der Waals surface area contributed by atoms with E-state index in [2.05, 4.69) is 34.8 Å². The summed E-state index contributed by atoms with van der Waals surface area (Å²) >= 11 is 3.47. The van der Waals surface area contributed by atoms with Crippen molar-refractivity contribution >= 4 is 15.9 Å². The third-order valence-corrected chi connectivity index (χ3v) is 3.74. The van der Waals surface area contributed by atoms with Gasteiger partial charge in [-0.15, -0.1) is 0 Å². The molecule has 3 heteroatoms. The molecule has 1 saturated carbocycles. The summed E-state index contributed by atoms with van der Waals surface area (Å²) in [6.07, 6.45) is 5.71. The number of hydrogen-bond acceptors (Lipinski definition) is 2. The molecule has 0 N–H and O–H groups in total. The Kier molecular flexibility index (Phi) is 3.85. The SMILES string of the molecule is CC1CC(C)CC(Oc2ncccc2Br)C1. The molecule has 0 aromatic carbocycles. The second kappa shape index (κ2) is 5.17.